The normalized spacial score (nSPS) is 9.31. The van der Waals surface area contributed by atoms with E-state index in [1.807, 2.05) is 30.3 Å². The van der Waals surface area contributed by atoms with Crippen LogP contribution in [0.3, 0.4) is 0 Å². The molecule has 0 N–H and O–H groups in total. The molecule has 0 saturated heterocycles. The van der Waals surface area contributed by atoms with Crippen molar-refractivity contribution in [1.82, 2.24) is 4.90 Å². The van der Waals surface area contributed by atoms with Crippen molar-refractivity contribution >= 4 is 22.0 Å². The third kappa shape index (κ3) is 3.55. The van der Waals surface area contributed by atoms with Crippen LogP contribution in [-0.2, 0) is 11.3 Å². The third-order valence-corrected chi connectivity index (χ3v) is 2.51. The molecule has 0 saturated carbocycles. The summed E-state index contributed by atoms with van der Waals surface area (Å²) in [7, 11) is 1.30. The van der Waals surface area contributed by atoms with Crippen molar-refractivity contribution < 1.29 is 9.53 Å². The molecule has 4 nitrogen and oxygen atoms in total. The van der Waals surface area contributed by atoms with Gasteiger partial charge in [0, 0.05) is 4.47 Å². The lowest BCUT2D eigenvalue weighted by molar-refractivity contribution is 0.126. The monoisotopic (exact) mass is 282 g/mol. The lowest BCUT2D eigenvalue weighted by atomic mass is 10.2. The predicted molar refractivity (Wildman–Crippen MR) is 62.6 cm³/mol. The number of rotatable bonds is 3. The highest BCUT2D eigenvalue weighted by atomic mass is 79.9. The van der Waals surface area contributed by atoms with Gasteiger partial charge in [0.2, 0.25) is 0 Å². The molecule has 1 aromatic rings. The topological polar surface area (TPSA) is 53.3 Å². The molecular weight excluding hydrogens is 272 g/mol. The van der Waals surface area contributed by atoms with Gasteiger partial charge in [-0.3, -0.25) is 4.90 Å². The van der Waals surface area contributed by atoms with Gasteiger partial charge in [0.1, 0.15) is 6.54 Å². The molecule has 0 bridgehead atoms. The fourth-order valence-electron chi connectivity index (χ4n) is 1.21. The minimum absolute atomic E-state index is 0.0166. The summed E-state index contributed by atoms with van der Waals surface area (Å²) in [5, 5.41) is 8.60. The Morgan fingerprint density at radius 1 is 1.50 bits per heavy atom. The van der Waals surface area contributed by atoms with Gasteiger partial charge >= 0.3 is 6.09 Å². The number of carbonyl (C=O) groups is 1. The number of ether oxygens (including phenoxy) is 1. The molecule has 0 unspecified atom stereocenters. The van der Waals surface area contributed by atoms with Gasteiger partial charge < -0.3 is 4.74 Å². The highest BCUT2D eigenvalue weighted by Crippen LogP contribution is 2.12. The fraction of sp³-hybridized carbons (Fsp3) is 0.273. The van der Waals surface area contributed by atoms with Crippen LogP contribution in [0, 0.1) is 11.3 Å². The number of halogens is 1. The minimum atomic E-state index is -0.496. The number of nitrogens with zero attached hydrogens (tertiary/aromatic N) is 2. The molecule has 0 atom stereocenters. The van der Waals surface area contributed by atoms with Gasteiger partial charge in [-0.15, -0.1) is 0 Å². The van der Waals surface area contributed by atoms with E-state index < -0.39 is 6.09 Å². The van der Waals surface area contributed by atoms with E-state index in [-0.39, 0.29) is 6.54 Å². The van der Waals surface area contributed by atoms with E-state index in [1.165, 1.54) is 12.0 Å². The summed E-state index contributed by atoms with van der Waals surface area (Å²) in [6.07, 6.45) is -0.496. The van der Waals surface area contributed by atoms with E-state index in [4.69, 9.17) is 5.26 Å². The van der Waals surface area contributed by atoms with Crippen LogP contribution in [0.4, 0.5) is 4.79 Å². The molecule has 5 heteroatoms. The van der Waals surface area contributed by atoms with Gasteiger partial charge in [-0.2, -0.15) is 5.26 Å². The molecule has 1 rings (SSSR count). The second kappa shape index (κ2) is 6.13. The Labute approximate surface area is 103 Å². The van der Waals surface area contributed by atoms with E-state index in [0.29, 0.717) is 6.54 Å². The molecule has 0 aliphatic carbocycles. The largest absolute Gasteiger partial charge is 0.453 e. The van der Waals surface area contributed by atoms with Crippen LogP contribution in [0.1, 0.15) is 5.56 Å². The van der Waals surface area contributed by atoms with Crippen molar-refractivity contribution in [2.24, 2.45) is 0 Å². The van der Waals surface area contributed by atoms with Crippen LogP contribution in [0.15, 0.2) is 28.7 Å². The number of benzene rings is 1. The van der Waals surface area contributed by atoms with Crippen molar-refractivity contribution in [1.29, 1.82) is 5.26 Å². The maximum Gasteiger partial charge on any atom is 0.410 e. The summed E-state index contributed by atoms with van der Waals surface area (Å²) in [4.78, 5) is 12.7. The van der Waals surface area contributed by atoms with E-state index in [2.05, 4.69) is 20.7 Å². The van der Waals surface area contributed by atoms with E-state index in [0.717, 1.165) is 10.0 Å². The van der Waals surface area contributed by atoms with Gasteiger partial charge in [0.25, 0.3) is 0 Å². The Morgan fingerprint density at radius 3 is 2.62 bits per heavy atom. The molecule has 0 aliphatic heterocycles. The summed E-state index contributed by atoms with van der Waals surface area (Å²) in [6, 6.07) is 9.48. The first-order valence-corrected chi connectivity index (χ1v) is 5.41. The molecule has 0 fully saturated rings. The Morgan fingerprint density at radius 2 is 2.12 bits per heavy atom. The van der Waals surface area contributed by atoms with Crippen LogP contribution >= 0.6 is 15.9 Å². The summed E-state index contributed by atoms with van der Waals surface area (Å²) in [5.74, 6) is 0. The predicted octanol–water partition coefficient (Wildman–Crippen LogP) is 2.54. The standard InChI is InChI=1S/C11H11BrN2O2/c1-16-11(15)14(7-6-13)8-9-2-4-10(12)5-3-9/h2-5H,7-8H2,1H3. The van der Waals surface area contributed by atoms with Gasteiger partial charge in [-0.25, -0.2) is 4.79 Å². The average molecular weight is 283 g/mol. The smallest absolute Gasteiger partial charge is 0.410 e. The fourth-order valence-corrected chi connectivity index (χ4v) is 1.47. The summed E-state index contributed by atoms with van der Waals surface area (Å²) >= 11 is 3.33. The lowest BCUT2D eigenvalue weighted by Crippen LogP contribution is -2.30. The highest BCUT2D eigenvalue weighted by molar-refractivity contribution is 9.10. The lowest BCUT2D eigenvalue weighted by Gasteiger charge is -2.17. The first-order valence-electron chi connectivity index (χ1n) is 4.61. The molecule has 0 spiro atoms. The third-order valence-electron chi connectivity index (χ3n) is 1.98. The van der Waals surface area contributed by atoms with E-state index >= 15 is 0 Å². The van der Waals surface area contributed by atoms with Crippen LogP contribution < -0.4 is 0 Å². The first-order chi connectivity index (χ1) is 7.67. The van der Waals surface area contributed by atoms with Crippen LogP contribution in [0.5, 0.6) is 0 Å². The van der Waals surface area contributed by atoms with Gasteiger partial charge in [-0.05, 0) is 17.7 Å². The number of methoxy groups -OCH3 is 1. The van der Waals surface area contributed by atoms with Gasteiger partial charge in [-0.1, -0.05) is 28.1 Å². The maximum atomic E-state index is 11.3. The zero-order valence-corrected chi connectivity index (χ0v) is 10.4. The quantitative estimate of drug-likeness (QED) is 0.801. The van der Waals surface area contributed by atoms with Crippen molar-refractivity contribution in [3.05, 3.63) is 34.3 Å². The Balaban J connectivity index is 2.72. The molecule has 1 amide bonds. The van der Waals surface area contributed by atoms with Crippen molar-refractivity contribution in [2.45, 2.75) is 6.54 Å². The zero-order chi connectivity index (χ0) is 12.0. The van der Waals surface area contributed by atoms with Gasteiger partial charge in [0.15, 0.2) is 0 Å². The summed E-state index contributed by atoms with van der Waals surface area (Å²) in [6.45, 7) is 0.385. The molecule has 0 heterocycles. The second-order valence-electron chi connectivity index (χ2n) is 3.11. The Hall–Kier alpha value is -1.54. The zero-order valence-electron chi connectivity index (χ0n) is 8.81. The summed E-state index contributed by atoms with van der Waals surface area (Å²) in [5.41, 5.74) is 0.948. The number of hydrogen-bond donors (Lipinski definition) is 0. The number of amides is 1. The highest BCUT2D eigenvalue weighted by Gasteiger charge is 2.13. The van der Waals surface area contributed by atoms with E-state index in [1.54, 1.807) is 0 Å². The number of nitriles is 1. The van der Waals surface area contributed by atoms with Gasteiger partial charge in [0.05, 0.1) is 19.7 Å². The molecule has 84 valence electrons. The Kier molecular flexibility index (Phi) is 4.80. The van der Waals surface area contributed by atoms with Crippen molar-refractivity contribution in [3.63, 3.8) is 0 Å². The number of hydrogen-bond acceptors (Lipinski definition) is 3. The van der Waals surface area contributed by atoms with E-state index in [9.17, 15) is 4.79 Å². The molecule has 0 aromatic heterocycles. The van der Waals surface area contributed by atoms with Crippen molar-refractivity contribution in [3.8, 4) is 6.07 Å². The van der Waals surface area contributed by atoms with Crippen LogP contribution in [0.25, 0.3) is 0 Å². The van der Waals surface area contributed by atoms with Crippen LogP contribution in [-0.4, -0.2) is 24.6 Å². The average Bonchev–Trinajstić information content (AvgIpc) is 2.30. The second-order valence-corrected chi connectivity index (χ2v) is 4.03. The first kappa shape index (κ1) is 12.5. The molecule has 1 aromatic carbocycles. The maximum absolute atomic E-state index is 11.3. The van der Waals surface area contributed by atoms with Crippen LogP contribution in [0.2, 0.25) is 0 Å². The molecular formula is C11H11BrN2O2. The molecule has 16 heavy (non-hydrogen) atoms. The minimum Gasteiger partial charge on any atom is -0.453 e. The molecule has 0 radical (unpaired) electrons. The SMILES string of the molecule is COC(=O)N(CC#N)Cc1ccc(Br)cc1. The Bertz CT molecular complexity index is 397. The number of carbonyl (C=O) groups excluding carboxylic acids is 1. The molecule has 0 aliphatic rings. The van der Waals surface area contributed by atoms with Crippen molar-refractivity contribution in [2.75, 3.05) is 13.7 Å². The summed E-state index contributed by atoms with van der Waals surface area (Å²) < 4.78 is 5.56.